The van der Waals surface area contributed by atoms with Crippen molar-refractivity contribution in [2.45, 2.75) is 24.0 Å². The van der Waals surface area contributed by atoms with Crippen molar-refractivity contribution in [2.75, 3.05) is 32.1 Å². The molecule has 2 aliphatic rings. The zero-order valence-corrected chi connectivity index (χ0v) is 13.9. The average molecular weight is 342 g/mol. The highest BCUT2D eigenvalue weighted by Crippen LogP contribution is 2.29. The van der Waals surface area contributed by atoms with Crippen molar-refractivity contribution in [1.82, 2.24) is 4.90 Å². The first kappa shape index (κ1) is 16.1. The first-order chi connectivity index (χ1) is 10.7. The van der Waals surface area contributed by atoms with E-state index < -0.39 is 0 Å². The van der Waals surface area contributed by atoms with Gasteiger partial charge in [0.15, 0.2) is 6.29 Å². The van der Waals surface area contributed by atoms with E-state index in [1.807, 2.05) is 29.2 Å². The fourth-order valence-electron chi connectivity index (χ4n) is 2.86. The second-order valence-corrected chi connectivity index (χ2v) is 6.97. The van der Waals surface area contributed by atoms with Gasteiger partial charge >= 0.3 is 0 Å². The molecule has 6 heteroatoms. The number of likely N-dealkylation sites (tertiary alicyclic amines) is 1. The summed E-state index contributed by atoms with van der Waals surface area (Å²) in [5.41, 5.74) is 0. The molecule has 1 aromatic rings. The monoisotopic (exact) mass is 341 g/mol. The van der Waals surface area contributed by atoms with Crippen LogP contribution in [0.15, 0.2) is 29.2 Å². The van der Waals surface area contributed by atoms with Crippen LogP contribution >= 0.6 is 23.4 Å². The molecule has 0 aromatic heterocycles. The Labute approximate surface area is 140 Å². The van der Waals surface area contributed by atoms with E-state index in [4.69, 9.17) is 21.1 Å². The van der Waals surface area contributed by atoms with Crippen molar-refractivity contribution in [3.8, 4) is 0 Å². The SMILES string of the molecule is O=C(CSc1ccccc1Cl)N1CCC(C2OCCO2)CC1. The molecule has 2 aliphatic heterocycles. The average Bonchev–Trinajstić information content (AvgIpc) is 3.08. The summed E-state index contributed by atoms with van der Waals surface area (Å²) in [6.45, 7) is 2.96. The largest absolute Gasteiger partial charge is 0.350 e. The van der Waals surface area contributed by atoms with Crippen molar-refractivity contribution in [1.29, 1.82) is 0 Å². The highest BCUT2D eigenvalue weighted by Gasteiger charge is 2.31. The zero-order chi connectivity index (χ0) is 15.4. The molecular formula is C16H20ClNO3S. The fourth-order valence-corrected chi connectivity index (χ4v) is 4.00. The summed E-state index contributed by atoms with van der Waals surface area (Å²) in [6.07, 6.45) is 1.84. The van der Waals surface area contributed by atoms with Crippen LogP contribution in [-0.2, 0) is 14.3 Å². The molecule has 120 valence electrons. The molecular weight excluding hydrogens is 322 g/mol. The van der Waals surface area contributed by atoms with Gasteiger partial charge in [0, 0.05) is 23.9 Å². The quantitative estimate of drug-likeness (QED) is 0.789. The Morgan fingerprint density at radius 1 is 1.23 bits per heavy atom. The molecule has 2 fully saturated rings. The number of halogens is 1. The maximum absolute atomic E-state index is 12.3. The lowest BCUT2D eigenvalue weighted by atomic mass is 9.96. The number of rotatable bonds is 4. The topological polar surface area (TPSA) is 38.8 Å². The second-order valence-electron chi connectivity index (χ2n) is 5.55. The van der Waals surface area contributed by atoms with Gasteiger partial charge < -0.3 is 14.4 Å². The van der Waals surface area contributed by atoms with Gasteiger partial charge in [-0.15, -0.1) is 11.8 Å². The minimum atomic E-state index is -0.0604. The number of piperidine rings is 1. The summed E-state index contributed by atoms with van der Waals surface area (Å²) in [5.74, 6) is 1.03. The van der Waals surface area contributed by atoms with E-state index in [0.29, 0.717) is 29.9 Å². The number of thioether (sulfide) groups is 1. The Morgan fingerprint density at radius 2 is 1.91 bits per heavy atom. The molecule has 1 amide bonds. The maximum Gasteiger partial charge on any atom is 0.232 e. The lowest BCUT2D eigenvalue weighted by Crippen LogP contribution is -2.42. The van der Waals surface area contributed by atoms with Crippen LogP contribution in [0.4, 0.5) is 0 Å². The van der Waals surface area contributed by atoms with Gasteiger partial charge in [-0.1, -0.05) is 23.7 Å². The van der Waals surface area contributed by atoms with Crippen molar-refractivity contribution in [3.63, 3.8) is 0 Å². The number of carbonyl (C=O) groups excluding carboxylic acids is 1. The Bertz CT molecular complexity index is 514. The van der Waals surface area contributed by atoms with E-state index in [1.54, 1.807) is 0 Å². The molecule has 4 nitrogen and oxygen atoms in total. The van der Waals surface area contributed by atoms with Crippen LogP contribution < -0.4 is 0 Å². The molecule has 0 saturated carbocycles. The first-order valence-corrected chi connectivity index (χ1v) is 8.99. The summed E-state index contributed by atoms with van der Waals surface area (Å²) >= 11 is 7.61. The van der Waals surface area contributed by atoms with E-state index in [9.17, 15) is 4.79 Å². The third-order valence-corrected chi connectivity index (χ3v) is 5.61. The molecule has 2 heterocycles. The van der Waals surface area contributed by atoms with Gasteiger partial charge in [0.1, 0.15) is 0 Å². The van der Waals surface area contributed by atoms with Gasteiger partial charge in [-0.3, -0.25) is 4.79 Å². The summed E-state index contributed by atoms with van der Waals surface area (Å²) in [4.78, 5) is 15.2. The fraction of sp³-hybridized carbons (Fsp3) is 0.562. The molecule has 0 radical (unpaired) electrons. The minimum Gasteiger partial charge on any atom is -0.350 e. The molecule has 2 saturated heterocycles. The molecule has 0 atom stereocenters. The van der Waals surface area contributed by atoms with Crippen LogP contribution in [0.3, 0.4) is 0 Å². The number of carbonyl (C=O) groups is 1. The van der Waals surface area contributed by atoms with Crippen molar-refractivity contribution >= 4 is 29.3 Å². The van der Waals surface area contributed by atoms with Crippen LogP contribution in [0.5, 0.6) is 0 Å². The minimum absolute atomic E-state index is 0.0604. The Kier molecular flexibility index (Phi) is 5.63. The standard InChI is InChI=1S/C16H20ClNO3S/c17-13-3-1-2-4-14(13)22-11-15(19)18-7-5-12(6-8-18)16-20-9-10-21-16/h1-4,12,16H,5-11H2. The summed E-state index contributed by atoms with van der Waals surface area (Å²) in [7, 11) is 0. The maximum atomic E-state index is 12.3. The van der Waals surface area contributed by atoms with E-state index in [1.165, 1.54) is 11.8 Å². The van der Waals surface area contributed by atoms with Crippen LogP contribution in [0.25, 0.3) is 0 Å². The molecule has 0 aliphatic carbocycles. The predicted octanol–water partition coefficient (Wildman–Crippen LogP) is 3.04. The van der Waals surface area contributed by atoms with Crippen LogP contribution in [0, 0.1) is 5.92 Å². The summed E-state index contributed by atoms with van der Waals surface area (Å²) < 4.78 is 11.1. The lowest BCUT2D eigenvalue weighted by Gasteiger charge is -2.33. The number of nitrogens with zero attached hydrogens (tertiary/aromatic N) is 1. The lowest BCUT2D eigenvalue weighted by molar-refractivity contribution is -0.134. The Morgan fingerprint density at radius 3 is 2.59 bits per heavy atom. The molecule has 3 rings (SSSR count). The highest BCUT2D eigenvalue weighted by molar-refractivity contribution is 8.00. The van der Waals surface area contributed by atoms with E-state index in [-0.39, 0.29) is 12.2 Å². The van der Waals surface area contributed by atoms with Crippen LogP contribution in [0.2, 0.25) is 5.02 Å². The molecule has 0 bridgehead atoms. The number of hydrogen-bond acceptors (Lipinski definition) is 4. The van der Waals surface area contributed by atoms with Crippen molar-refractivity contribution in [3.05, 3.63) is 29.3 Å². The second kappa shape index (κ2) is 7.68. The Balaban J connectivity index is 1.45. The molecule has 0 N–H and O–H groups in total. The van der Waals surface area contributed by atoms with Gasteiger partial charge in [0.05, 0.1) is 24.0 Å². The van der Waals surface area contributed by atoms with Gasteiger partial charge in [-0.2, -0.15) is 0 Å². The number of benzene rings is 1. The summed E-state index contributed by atoms with van der Waals surface area (Å²) in [6, 6.07) is 7.63. The normalized spacial score (nSPS) is 20.5. The first-order valence-electron chi connectivity index (χ1n) is 7.62. The van der Waals surface area contributed by atoms with Gasteiger partial charge in [0.2, 0.25) is 5.91 Å². The third kappa shape index (κ3) is 3.96. The molecule has 1 aromatic carbocycles. The van der Waals surface area contributed by atoms with E-state index >= 15 is 0 Å². The Hall–Kier alpha value is -0.750. The molecule has 0 spiro atoms. The third-order valence-electron chi connectivity index (χ3n) is 4.11. The van der Waals surface area contributed by atoms with Crippen LogP contribution in [0.1, 0.15) is 12.8 Å². The molecule has 0 unspecified atom stereocenters. The zero-order valence-electron chi connectivity index (χ0n) is 12.4. The van der Waals surface area contributed by atoms with E-state index in [2.05, 4.69) is 0 Å². The van der Waals surface area contributed by atoms with Gasteiger partial charge in [-0.25, -0.2) is 0 Å². The van der Waals surface area contributed by atoms with Crippen molar-refractivity contribution < 1.29 is 14.3 Å². The van der Waals surface area contributed by atoms with Gasteiger partial charge in [0.25, 0.3) is 0 Å². The predicted molar refractivity (Wildman–Crippen MR) is 87.2 cm³/mol. The van der Waals surface area contributed by atoms with E-state index in [0.717, 1.165) is 30.8 Å². The van der Waals surface area contributed by atoms with Gasteiger partial charge in [-0.05, 0) is 25.0 Å². The number of amides is 1. The smallest absolute Gasteiger partial charge is 0.232 e. The van der Waals surface area contributed by atoms with Crippen molar-refractivity contribution in [2.24, 2.45) is 5.92 Å². The number of ether oxygens (including phenoxy) is 2. The number of hydrogen-bond donors (Lipinski definition) is 0. The molecule has 22 heavy (non-hydrogen) atoms. The highest BCUT2D eigenvalue weighted by atomic mass is 35.5. The van der Waals surface area contributed by atoms with Crippen LogP contribution in [-0.4, -0.2) is 49.2 Å². The summed E-state index contributed by atoms with van der Waals surface area (Å²) in [5, 5.41) is 0.703.